The molecule has 2 rings (SSSR count). The molecule has 0 atom stereocenters. The molecule has 0 bridgehead atoms. The van der Waals surface area contributed by atoms with E-state index >= 15 is 0 Å². The molecule has 122 valence electrons. The van der Waals surface area contributed by atoms with Gasteiger partial charge in [-0.3, -0.25) is 4.79 Å². The summed E-state index contributed by atoms with van der Waals surface area (Å²) in [7, 11) is 2.02. The smallest absolute Gasteiger partial charge is 0.257 e. The number of aromatic nitrogens is 1. The number of rotatable bonds is 7. The molecular formula is C19H25N3O. The Morgan fingerprint density at radius 2 is 1.87 bits per heavy atom. The number of carbonyl (C=O) groups is 1. The van der Waals surface area contributed by atoms with Gasteiger partial charge in [-0.2, -0.15) is 0 Å². The number of benzene rings is 1. The lowest BCUT2D eigenvalue weighted by atomic mass is 10.1. The van der Waals surface area contributed by atoms with Crippen LogP contribution in [0.5, 0.6) is 0 Å². The molecule has 0 aliphatic heterocycles. The van der Waals surface area contributed by atoms with E-state index in [1.165, 1.54) is 5.56 Å². The maximum atomic E-state index is 12.3. The minimum absolute atomic E-state index is 0.135. The first kappa shape index (κ1) is 17.0. The highest BCUT2D eigenvalue weighted by Gasteiger charge is 2.08. The van der Waals surface area contributed by atoms with Crippen LogP contribution in [0.3, 0.4) is 0 Å². The van der Waals surface area contributed by atoms with Crippen molar-refractivity contribution in [3.63, 3.8) is 0 Å². The van der Waals surface area contributed by atoms with Crippen molar-refractivity contribution in [2.45, 2.75) is 33.1 Å². The molecule has 0 saturated carbocycles. The third-order valence-corrected chi connectivity index (χ3v) is 3.87. The second kappa shape index (κ2) is 8.32. The van der Waals surface area contributed by atoms with Crippen LogP contribution in [-0.4, -0.2) is 24.5 Å². The number of carbonyl (C=O) groups excluding carboxylic acids is 1. The molecule has 0 saturated heterocycles. The number of nitrogens with one attached hydrogen (secondary N) is 1. The van der Waals surface area contributed by atoms with Gasteiger partial charge in [-0.1, -0.05) is 32.4 Å². The average Bonchev–Trinajstić information content (AvgIpc) is 2.60. The van der Waals surface area contributed by atoms with Crippen LogP contribution in [0.15, 0.2) is 42.6 Å². The Bertz CT molecular complexity index is 620. The van der Waals surface area contributed by atoms with Crippen LogP contribution in [0.2, 0.25) is 0 Å². The first-order chi connectivity index (χ1) is 11.1. The topological polar surface area (TPSA) is 45.2 Å². The average molecular weight is 311 g/mol. The van der Waals surface area contributed by atoms with Gasteiger partial charge in [0.15, 0.2) is 0 Å². The first-order valence-corrected chi connectivity index (χ1v) is 8.21. The summed E-state index contributed by atoms with van der Waals surface area (Å²) in [4.78, 5) is 18.7. The van der Waals surface area contributed by atoms with Crippen LogP contribution in [0, 0.1) is 0 Å². The summed E-state index contributed by atoms with van der Waals surface area (Å²) in [5, 5.41) is 2.90. The predicted octanol–water partition coefficient (Wildman–Crippen LogP) is 4.13. The number of hydrogen-bond donors (Lipinski definition) is 1. The first-order valence-electron chi connectivity index (χ1n) is 8.21. The molecule has 1 aromatic heterocycles. The number of amides is 1. The number of pyridine rings is 1. The van der Waals surface area contributed by atoms with E-state index in [-0.39, 0.29) is 5.91 Å². The number of aryl methyl sites for hydroxylation is 1. The van der Waals surface area contributed by atoms with Gasteiger partial charge >= 0.3 is 0 Å². The Labute approximate surface area is 138 Å². The molecule has 0 aliphatic rings. The summed E-state index contributed by atoms with van der Waals surface area (Å²) < 4.78 is 0. The number of anilines is 2. The highest BCUT2D eigenvalue weighted by Crippen LogP contribution is 2.14. The van der Waals surface area contributed by atoms with Crippen molar-refractivity contribution in [1.82, 2.24) is 4.98 Å². The maximum Gasteiger partial charge on any atom is 0.257 e. The summed E-state index contributed by atoms with van der Waals surface area (Å²) >= 11 is 0. The van der Waals surface area contributed by atoms with E-state index < -0.39 is 0 Å². The molecule has 1 amide bonds. The minimum atomic E-state index is -0.135. The monoisotopic (exact) mass is 311 g/mol. The van der Waals surface area contributed by atoms with Crippen molar-refractivity contribution >= 4 is 17.4 Å². The van der Waals surface area contributed by atoms with Gasteiger partial charge in [0.05, 0.1) is 5.56 Å². The van der Waals surface area contributed by atoms with Crippen LogP contribution < -0.4 is 10.2 Å². The molecular weight excluding hydrogens is 286 g/mol. The lowest BCUT2D eigenvalue weighted by Gasteiger charge is -2.17. The molecule has 23 heavy (non-hydrogen) atoms. The van der Waals surface area contributed by atoms with Crippen molar-refractivity contribution in [2.24, 2.45) is 0 Å². The molecule has 0 aliphatic carbocycles. The second-order valence-electron chi connectivity index (χ2n) is 5.68. The van der Waals surface area contributed by atoms with Gasteiger partial charge in [0.25, 0.3) is 5.91 Å². The Hall–Kier alpha value is -2.36. The summed E-state index contributed by atoms with van der Waals surface area (Å²) in [6, 6.07) is 11.6. The zero-order valence-electron chi connectivity index (χ0n) is 14.2. The van der Waals surface area contributed by atoms with Gasteiger partial charge < -0.3 is 10.2 Å². The quantitative estimate of drug-likeness (QED) is 0.836. The van der Waals surface area contributed by atoms with E-state index in [4.69, 9.17) is 0 Å². The van der Waals surface area contributed by atoms with Crippen molar-refractivity contribution < 1.29 is 4.79 Å². The van der Waals surface area contributed by atoms with E-state index in [2.05, 4.69) is 29.0 Å². The van der Waals surface area contributed by atoms with Gasteiger partial charge in [0.2, 0.25) is 0 Å². The molecule has 4 heteroatoms. The molecule has 0 spiro atoms. The summed E-state index contributed by atoms with van der Waals surface area (Å²) in [6.45, 7) is 5.25. The number of nitrogens with zero attached hydrogens (tertiary/aromatic N) is 2. The summed E-state index contributed by atoms with van der Waals surface area (Å²) in [5.41, 5.74) is 2.62. The Morgan fingerprint density at radius 3 is 2.43 bits per heavy atom. The third kappa shape index (κ3) is 4.81. The SMILES string of the molecule is CCCCN(C)c1ccc(C(=O)Nc2ccc(CC)cc2)cn1. The largest absolute Gasteiger partial charge is 0.360 e. The van der Waals surface area contributed by atoms with Crippen molar-refractivity contribution in [3.05, 3.63) is 53.7 Å². The summed E-state index contributed by atoms with van der Waals surface area (Å²) in [6.07, 6.45) is 4.91. The van der Waals surface area contributed by atoms with Crippen LogP contribution in [0.4, 0.5) is 11.5 Å². The standard InChI is InChI=1S/C19H25N3O/c1-4-6-13-22(3)18-12-9-16(14-20-18)19(23)21-17-10-7-15(5-2)8-11-17/h7-12,14H,4-6,13H2,1-3H3,(H,21,23). The number of hydrogen-bond acceptors (Lipinski definition) is 3. The van der Waals surface area contributed by atoms with E-state index in [0.717, 1.165) is 37.3 Å². The maximum absolute atomic E-state index is 12.3. The normalized spacial score (nSPS) is 10.4. The molecule has 2 aromatic rings. The van der Waals surface area contributed by atoms with Crippen LogP contribution in [0.25, 0.3) is 0 Å². The predicted molar refractivity (Wildman–Crippen MR) is 96.2 cm³/mol. The fourth-order valence-corrected chi connectivity index (χ4v) is 2.28. The van der Waals surface area contributed by atoms with Gasteiger partial charge in [0, 0.05) is 25.5 Å². The second-order valence-corrected chi connectivity index (χ2v) is 5.68. The molecule has 0 fully saturated rings. The molecule has 0 radical (unpaired) electrons. The fraction of sp³-hybridized carbons (Fsp3) is 0.368. The Balaban J connectivity index is 1.99. The minimum Gasteiger partial charge on any atom is -0.360 e. The van der Waals surface area contributed by atoms with E-state index in [9.17, 15) is 4.79 Å². The lowest BCUT2D eigenvalue weighted by molar-refractivity contribution is 0.102. The van der Waals surface area contributed by atoms with Gasteiger partial charge in [0.1, 0.15) is 5.82 Å². The highest BCUT2D eigenvalue weighted by atomic mass is 16.1. The molecule has 1 N–H and O–H groups in total. The van der Waals surface area contributed by atoms with Crippen LogP contribution in [-0.2, 0) is 6.42 Å². The van der Waals surface area contributed by atoms with E-state index in [1.54, 1.807) is 6.20 Å². The zero-order chi connectivity index (χ0) is 16.7. The van der Waals surface area contributed by atoms with Crippen molar-refractivity contribution in [1.29, 1.82) is 0 Å². The van der Waals surface area contributed by atoms with Crippen molar-refractivity contribution in [3.8, 4) is 0 Å². The fourth-order valence-electron chi connectivity index (χ4n) is 2.28. The number of unbranched alkanes of at least 4 members (excludes halogenated alkanes) is 1. The van der Waals surface area contributed by atoms with Gasteiger partial charge in [-0.25, -0.2) is 4.98 Å². The Kier molecular flexibility index (Phi) is 6.15. The Morgan fingerprint density at radius 1 is 1.13 bits per heavy atom. The van der Waals surface area contributed by atoms with E-state index in [1.807, 2.05) is 43.4 Å². The zero-order valence-corrected chi connectivity index (χ0v) is 14.2. The van der Waals surface area contributed by atoms with Crippen molar-refractivity contribution in [2.75, 3.05) is 23.8 Å². The molecule has 4 nitrogen and oxygen atoms in total. The van der Waals surface area contributed by atoms with E-state index in [0.29, 0.717) is 5.56 Å². The summed E-state index contributed by atoms with van der Waals surface area (Å²) in [5.74, 6) is 0.756. The molecule has 1 aromatic carbocycles. The molecule has 1 heterocycles. The van der Waals surface area contributed by atoms with Gasteiger partial charge in [-0.15, -0.1) is 0 Å². The van der Waals surface area contributed by atoms with Gasteiger partial charge in [-0.05, 0) is 42.7 Å². The van der Waals surface area contributed by atoms with Crippen LogP contribution in [0.1, 0.15) is 42.6 Å². The van der Waals surface area contributed by atoms with Crippen LogP contribution >= 0.6 is 0 Å². The third-order valence-electron chi connectivity index (χ3n) is 3.87. The lowest BCUT2D eigenvalue weighted by Crippen LogP contribution is -2.20. The highest BCUT2D eigenvalue weighted by molar-refractivity contribution is 6.04. The molecule has 0 unspecified atom stereocenters.